The van der Waals surface area contributed by atoms with Crippen molar-refractivity contribution in [2.24, 2.45) is 0 Å². The number of aromatic carboxylic acids is 1. The third kappa shape index (κ3) is 2.43. The molecule has 0 fully saturated rings. The smallest absolute Gasteiger partial charge is 0.347 e. The number of carboxylic acid groups (broad SMARTS) is 1. The zero-order chi connectivity index (χ0) is 15.1. The zero-order valence-electron chi connectivity index (χ0n) is 11.5. The molecule has 1 aromatic carbocycles. The minimum Gasteiger partial charge on any atom is -0.477 e. The Balaban J connectivity index is 2.11. The summed E-state index contributed by atoms with van der Waals surface area (Å²) in [4.78, 5) is 18.7. The van der Waals surface area contributed by atoms with E-state index in [0.717, 1.165) is 38.5 Å². The van der Waals surface area contributed by atoms with Crippen molar-refractivity contribution in [1.29, 1.82) is 0 Å². The number of thiazole rings is 1. The fraction of sp³-hybridized carbons (Fsp3) is 0.200. The second kappa shape index (κ2) is 5.16. The van der Waals surface area contributed by atoms with Crippen molar-refractivity contribution >= 4 is 39.8 Å². The molecule has 0 amide bonds. The average Bonchev–Trinajstić information content (AvgIpc) is 3.04. The van der Waals surface area contributed by atoms with Crippen molar-refractivity contribution in [1.82, 2.24) is 9.97 Å². The fourth-order valence-electron chi connectivity index (χ4n) is 2.22. The van der Waals surface area contributed by atoms with Gasteiger partial charge in [0.2, 0.25) is 0 Å². The molecular formula is C15H13ClN2O2S. The van der Waals surface area contributed by atoms with Gasteiger partial charge in [0, 0.05) is 22.2 Å². The number of aromatic nitrogens is 2. The molecule has 0 bridgehead atoms. The van der Waals surface area contributed by atoms with Gasteiger partial charge in [-0.25, -0.2) is 9.78 Å². The van der Waals surface area contributed by atoms with E-state index in [4.69, 9.17) is 16.7 Å². The first kappa shape index (κ1) is 14.1. The number of H-pyrrole nitrogens is 1. The highest BCUT2D eigenvalue weighted by Gasteiger charge is 2.15. The number of nitrogens with one attached hydrogen (secondary N) is 1. The van der Waals surface area contributed by atoms with E-state index in [-0.39, 0.29) is 4.88 Å². The SMILES string of the molecule is CC(C)c1[nH]c2ccc(-c3ncc(C(=O)O)s3)cc2c1Cl. The monoisotopic (exact) mass is 320 g/mol. The van der Waals surface area contributed by atoms with Crippen LogP contribution in [0.2, 0.25) is 5.02 Å². The van der Waals surface area contributed by atoms with E-state index in [1.807, 2.05) is 18.2 Å². The van der Waals surface area contributed by atoms with Gasteiger partial charge in [-0.1, -0.05) is 25.4 Å². The number of benzene rings is 1. The predicted octanol–water partition coefficient (Wildman–Crippen LogP) is 4.77. The first-order valence-electron chi connectivity index (χ1n) is 6.48. The van der Waals surface area contributed by atoms with Gasteiger partial charge in [0.1, 0.15) is 9.88 Å². The van der Waals surface area contributed by atoms with Crippen LogP contribution in [-0.4, -0.2) is 21.0 Å². The summed E-state index contributed by atoms with van der Waals surface area (Å²) in [7, 11) is 0. The first-order valence-corrected chi connectivity index (χ1v) is 7.67. The molecular weight excluding hydrogens is 308 g/mol. The van der Waals surface area contributed by atoms with Crippen molar-refractivity contribution in [2.75, 3.05) is 0 Å². The zero-order valence-corrected chi connectivity index (χ0v) is 13.0. The van der Waals surface area contributed by atoms with Crippen LogP contribution in [0.5, 0.6) is 0 Å². The molecule has 0 radical (unpaired) electrons. The summed E-state index contributed by atoms with van der Waals surface area (Å²) >= 11 is 7.58. The number of carbonyl (C=O) groups is 1. The van der Waals surface area contributed by atoms with E-state index >= 15 is 0 Å². The van der Waals surface area contributed by atoms with E-state index in [0.29, 0.717) is 10.9 Å². The van der Waals surface area contributed by atoms with Crippen LogP contribution in [0.25, 0.3) is 21.5 Å². The number of rotatable bonds is 3. The van der Waals surface area contributed by atoms with Gasteiger partial charge in [0.15, 0.2) is 0 Å². The summed E-state index contributed by atoms with van der Waals surface area (Å²) in [6, 6.07) is 5.82. The van der Waals surface area contributed by atoms with Crippen LogP contribution in [0.1, 0.15) is 35.1 Å². The summed E-state index contributed by atoms with van der Waals surface area (Å²) in [5, 5.41) is 11.3. The lowest BCUT2D eigenvalue weighted by atomic mass is 10.1. The molecule has 3 rings (SSSR count). The van der Waals surface area contributed by atoms with Crippen molar-refractivity contribution in [3.8, 4) is 10.6 Å². The van der Waals surface area contributed by atoms with Crippen molar-refractivity contribution in [2.45, 2.75) is 19.8 Å². The van der Waals surface area contributed by atoms with Gasteiger partial charge in [-0.15, -0.1) is 11.3 Å². The first-order chi connectivity index (χ1) is 9.97. The molecule has 0 aliphatic heterocycles. The Hall–Kier alpha value is -1.85. The van der Waals surface area contributed by atoms with E-state index in [1.165, 1.54) is 6.20 Å². The summed E-state index contributed by atoms with van der Waals surface area (Å²) in [5.41, 5.74) is 2.85. The Morgan fingerprint density at radius 2 is 2.19 bits per heavy atom. The van der Waals surface area contributed by atoms with Gasteiger partial charge in [-0.3, -0.25) is 0 Å². The average molecular weight is 321 g/mol. The molecule has 4 nitrogen and oxygen atoms in total. The molecule has 108 valence electrons. The predicted molar refractivity (Wildman–Crippen MR) is 85.5 cm³/mol. The largest absolute Gasteiger partial charge is 0.477 e. The molecule has 0 atom stereocenters. The second-order valence-electron chi connectivity index (χ2n) is 5.10. The van der Waals surface area contributed by atoms with Gasteiger partial charge in [-0.2, -0.15) is 0 Å². The summed E-state index contributed by atoms with van der Waals surface area (Å²) in [6.45, 7) is 4.16. The maximum absolute atomic E-state index is 10.9. The van der Waals surface area contributed by atoms with Crippen LogP contribution in [0.3, 0.4) is 0 Å². The highest BCUT2D eigenvalue weighted by atomic mass is 35.5. The summed E-state index contributed by atoms with van der Waals surface area (Å²) < 4.78 is 0. The number of hydrogen-bond donors (Lipinski definition) is 2. The lowest BCUT2D eigenvalue weighted by Gasteiger charge is -2.00. The molecule has 2 heterocycles. The molecule has 3 aromatic rings. The lowest BCUT2D eigenvalue weighted by molar-refractivity contribution is 0.0702. The van der Waals surface area contributed by atoms with Crippen LogP contribution in [0.15, 0.2) is 24.4 Å². The number of nitrogens with zero attached hydrogens (tertiary/aromatic N) is 1. The highest BCUT2D eigenvalue weighted by Crippen LogP contribution is 2.35. The van der Waals surface area contributed by atoms with Gasteiger partial charge in [0.05, 0.1) is 11.2 Å². The Morgan fingerprint density at radius 1 is 1.43 bits per heavy atom. The number of fused-ring (bicyclic) bond motifs is 1. The Kier molecular flexibility index (Phi) is 3.47. The maximum Gasteiger partial charge on any atom is 0.347 e. The third-order valence-electron chi connectivity index (χ3n) is 3.30. The van der Waals surface area contributed by atoms with Crippen molar-refractivity contribution in [3.05, 3.63) is 40.0 Å². The number of aromatic amines is 1. The van der Waals surface area contributed by atoms with Crippen molar-refractivity contribution in [3.63, 3.8) is 0 Å². The van der Waals surface area contributed by atoms with Gasteiger partial charge in [-0.05, 0) is 24.1 Å². The standard InChI is InChI=1S/C15H13ClN2O2S/c1-7(2)13-12(16)9-5-8(3-4-10(9)18-13)14-17-6-11(21-14)15(19)20/h3-7,18H,1-2H3,(H,19,20). The van der Waals surface area contributed by atoms with Crippen LogP contribution >= 0.6 is 22.9 Å². The normalized spacial score (nSPS) is 11.4. The van der Waals surface area contributed by atoms with E-state index in [2.05, 4.69) is 23.8 Å². The van der Waals surface area contributed by atoms with Crippen LogP contribution in [0, 0.1) is 0 Å². The van der Waals surface area contributed by atoms with Crippen LogP contribution < -0.4 is 0 Å². The number of hydrogen-bond acceptors (Lipinski definition) is 3. The molecule has 0 aliphatic rings. The molecule has 6 heteroatoms. The lowest BCUT2D eigenvalue weighted by Crippen LogP contribution is -1.89. The van der Waals surface area contributed by atoms with Gasteiger partial charge >= 0.3 is 5.97 Å². The molecule has 0 unspecified atom stereocenters. The Morgan fingerprint density at radius 3 is 2.81 bits per heavy atom. The van der Waals surface area contributed by atoms with E-state index in [1.54, 1.807) is 0 Å². The summed E-state index contributed by atoms with van der Waals surface area (Å²) in [5.74, 6) is -0.645. The molecule has 21 heavy (non-hydrogen) atoms. The minimum absolute atomic E-state index is 0.230. The maximum atomic E-state index is 10.9. The second-order valence-corrected chi connectivity index (χ2v) is 6.51. The summed E-state index contributed by atoms with van der Waals surface area (Å²) in [6.07, 6.45) is 1.38. The molecule has 0 spiro atoms. The highest BCUT2D eigenvalue weighted by molar-refractivity contribution is 7.16. The van der Waals surface area contributed by atoms with Crippen LogP contribution in [0.4, 0.5) is 0 Å². The Labute approximate surface area is 130 Å². The quantitative estimate of drug-likeness (QED) is 0.730. The molecule has 2 N–H and O–H groups in total. The molecule has 0 saturated heterocycles. The number of halogens is 1. The Bertz CT molecular complexity index is 835. The molecule has 0 aliphatic carbocycles. The number of carboxylic acids is 1. The van der Waals surface area contributed by atoms with E-state index in [9.17, 15) is 4.79 Å². The van der Waals surface area contributed by atoms with Crippen LogP contribution in [-0.2, 0) is 0 Å². The fourth-order valence-corrected chi connectivity index (χ4v) is 3.39. The minimum atomic E-state index is -0.957. The van der Waals surface area contributed by atoms with Gasteiger partial charge < -0.3 is 10.1 Å². The third-order valence-corrected chi connectivity index (χ3v) is 4.74. The molecule has 0 saturated carbocycles. The van der Waals surface area contributed by atoms with Gasteiger partial charge in [0.25, 0.3) is 0 Å². The topological polar surface area (TPSA) is 66.0 Å². The van der Waals surface area contributed by atoms with Crippen molar-refractivity contribution < 1.29 is 9.90 Å². The van der Waals surface area contributed by atoms with E-state index < -0.39 is 5.97 Å². The molecule has 2 aromatic heterocycles.